The zero-order valence-electron chi connectivity index (χ0n) is 34.1. The minimum atomic E-state index is -4.58. The van der Waals surface area contributed by atoms with Gasteiger partial charge in [-0.05, 0) is 32.1 Å². The Balaban J connectivity index is 4.34. The van der Waals surface area contributed by atoms with Gasteiger partial charge < -0.3 is 28.8 Å². The highest BCUT2D eigenvalue weighted by Crippen LogP contribution is 2.38. The number of nitrogens with zero attached hydrogens (tertiary/aromatic N) is 1. The molecule has 1 amide bonds. The van der Waals surface area contributed by atoms with Crippen molar-refractivity contribution in [1.82, 2.24) is 5.32 Å². The highest BCUT2D eigenvalue weighted by Gasteiger charge is 2.23. The van der Waals surface area contributed by atoms with Crippen LogP contribution in [0.4, 0.5) is 0 Å². The van der Waals surface area contributed by atoms with Crippen molar-refractivity contribution in [3.05, 3.63) is 24.3 Å². The topological polar surface area (TPSA) is 108 Å². The predicted molar refractivity (Wildman–Crippen MR) is 215 cm³/mol. The van der Waals surface area contributed by atoms with E-state index in [1.54, 1.807) is 6.08 Å². The highest BCUT2D eigenvalue weighted by atomic mass is 31.2. The molecule has 0 fully saturated rings. The molecule has 8 nitrogen and oxygen atoms in total. The van der Waals surface area contributed by atoms with E-state index in [2.05, 4.69) is 31.3 Å². The summed E-state index contributed by atoms with van der Waals surface area (Å²) in [5.41, 5.74) is 0. The molecule has 0 aliphatic carbocycles. The van der Waals surface area contributed by atoms with Gasteiger partial charge in [-0.2, -0.15) is 0 Å². The van der Waals surface area contributed by atoms with Crippen molar-refractivity contribution in [3.63, 3.8) is 0 Å². The minimum absolute atomic E-state index is 0.00468. The van der Waals surface area contributed by atoms with E-state index in [0.717, 1.165) is 38.5 Å². The molecule has 0 radical (unpaired) electrons. The molecule has 3 atom stereocenters. The zero-order chi connectivity index (χ0) is 37.9. The molecule has 0 rings (SSSR count). The third-order valence-corrected chi connectivity index (χ3v) is 10.4. The van der Waals surface area contributed by atoms with E-state index in [0.29, 0.717) is 17.4 Å². The van der Waals surface area contributed by atoms with Crippen LogP contribution in [0, 0.1) is 0 Å². The molecule has 2 N–H and O–H groups in total. The second-order valence-corrected chi connectivity index (χ2v) is 17.1. The largest absolute Gasteiger partial charge is 0.756 e. The molecule has 0 aromatic rings. The minimum Gasteiger partial charge on any atom is -0.756 e. The Bertz CT molecular complexity index is 891. The number of amides is 1. The first-order valence-corrected chi connectivity index (χ1v) is 22.7. The molecule has 0 aromatic carbocycles. The van der Waals surface area contributed by atoms with Gasteiger partial charge in [0, 0.05) is 6.42 Å². The summed E-state index contributed by atoms with van der Waals surface area (Å²) in [5.74, 6) is -0.208. The number of carbonyl (C=O) groups excluding carboxylic acids is 1. The molecule has 0 aliphatic rings. The number of hydrogen-bond acceptors (Lipinski definition) is 6. The molecule has 302 valence electrons. The molecule has 0 heterocycles. The molecule has 51 heavy (non-hydrogen) atoms. The molecule has 0 saturated heterocycles. The lowest BCUT2D eigenvalue weighted by Gasteiger charge is -2.29. The van der Waals surface area contributed by atoms with Crippen molar-refractivity contribution < 1.29 is 32.9 Å². The average molecular weight is 743 g/mol. The molecule has 9 heteroatoms. The lowest BCUT2D eigenvalue weighted by molar-refractivity contribution is -0.870. The van der Waals surface area contributed by atoms with Crippen molar-refractivity contribution in [2.24, 2.45) is 0 Å². The molecular weight excluding hydrogens is 659 g/mol. The Morgan fingerprint density at radius 2 is 1.10 bits per heavy atom. The van der Waals surface area contributed by atoms with Crippen LogP contribution in [0.5, 0.6) is 0 Å². The Kier molecular flexibility index (Phi) is 34.0. The van der Waals surface area contributed by atoms with E-state index in [9.17, 15) is 19.4 Å². The van der Waals surface area contributed by atoms with E-state index in [4.69, 9.17) is 9.05 Å². The summed E-state index contributed by atoms with van der Waals surface area (Å²) in [7, 11) is 1.25. The maximum absolute atomic E-state index is 12.8. The normalized spacial score (nSPS) is 14.7. The molecule has 0 spiro atoms. The number of phosphoric acid groups is 1. The SMILES string of the molecule is CCCCCC/C=C/CC/C=C/C(O)C(COP(=O)([O-])OCC[N+](C)(C)C)NC(=O)CCCCCCCCCCCCCCCCCCCCC. The summed E-state index contributed by atoms with van der Waals surface area (Å²) in [6.45, 7) is 4.59. The monoisotopic (exact) mass is 743 g/mol. The first kappa shape index (κ1) is 50.0. The van der Waals surface area contributed by atoms with Crippen LogP contribution >= 0.6 is 7.82 Å². The molecular formula is C42H83N2O6P. The number of quaternary nitrogens is 1. The fourth-order valence-electron chi connectivity index (χ4n) is 5.99. The number of aliphatic hydroxyl groups excluding tert-OH is 1. The van der Waals surface area contributed by atoms with Gasteiger partial charge in [0.2, 0.25) is 5.91 Å². The number of carbonyl (C=O) groups is 1. The number of phosphoric ester groups is 1. The highest BCUT2D eigenvalue weighted by molar-refractivity contribution is 7.45. The van der Waals surface area contributed by atoms with Gasteiger partial charge in [-0.15, -0.1) is 0 Å². The summed E-state index contributed by atoms with van der Waals surface area (Å²) in [5, 5.41) is 13.7. The fourth-order valence-corrected chi connectivity index (χ4v) is 6.71. The quantitative estimate of drug-likeness (QED) is 0.0282. The van der Waals surface area contributed by atoms with Crippen molar-refractivity contribution in [3.8, 4) is 0 Å². The van der Waals surface area contributed by atoms with E-state index in [-0.39, 0.29) is 19.1 Å². The second kappa shape index (κ2) is 34.7. The van der Waals surface area contributed by atoms with Gasteiger partial charge in [0.1, 0.15) is 13.2 Å². The van der Waals surface area contributed by atoms with E-state index < -0.39 is 20.0 Å². The first-order valence-electron chi connectivity index (χ1n) is 21.2. The molecule has 0 saturated carbocycles. The van der Waals surface area contributed by atoms with E-state index >= 15 is 0 Å². The Morgan fingerprint density at radius 1 is 0.667 bits per heavy atom. The van der Waals surface area contributed by atoms with Gasteiger partial charge >= 0.3 is 0 Å². The summed E-state index contributed by atoms with van der Waals surface area (Å²) >= 11 is 0. The Labute approximate surface area is 315 Å². The fraction of sp³-hybridized carbons (Fsp3) is 0.881. The van der Waals surface area contributed by atoms with Crippen LogP contribution in [0.3, 0.4) is 0 Å². The van der Waals surface area contributed by atoms with E-state index in [1.165, 1.54) is 128 Å². The van der Waals surface area contributed by atoms with Crippen molar-refractivity contribution in [2.75, 3.05) is 40.9 Å². The van der Waals surface area contributed by atoms with Gasteiger partial charge in [-0.25, -0.2) is 0 Å². The summed E-state index contributed by atoms with van der Waals surface area (Å²) in [4.78, 5) is 25.2. The van der Waals surface area contributed by atoms with Gasteiger partial charge in [0.25, 0.3) is 7.82 Å². The smallest absolute Gasteiger partial charge is 0.268 e. The second-order valence-electron chi connectivity index (χ2n) is 15.7. The number of likely N-dealkylation sites (N-methyl/N-ethyl adjacent to an activating group) is 1. The first-order chi connectivity index (χ1) is 24.5. The van der Waals surface area contributed by atoms with Crippen LogP contribution in [-0.2, 0) is 18.4 Å². The van der Waals surface area contributed by atoms with Gasteiger partial charge in [0.15, 0.2) is 0 Å². The Morgan fingerprint density at radius 3 is 1.59 bits per heavy atom. The lowest BCUT2D eigenvalue weighted by atomic mass is 10.0. The summed E-state index contributed by atoms with van der Waals surface area (Å²) in [6.07, 6.45) is 39.5. The standard InChI is InChI=1S/C42H83N2O6P/c1-6-8-10-12-14-16-18-19-20-21-22-23-24-25-26-28-30-32-34-36-42(46)43-40(39-50-51(47,48)49-38-37-44(3,4)5)41(45)35-33-31-29-27-17-15-13-11-9-7-2/h17,27,33,35,40-41,45H,6-16,18-26,28-32,34,36-39H2,1-5H3,(H-,43,46,47,48)/b27-17+,35-33+. The van der Waals surface area contributed by atoms with Gasteiger partial charge in [-0.3, -0.25) is 9.36 Å². The van der Waals surface area contributed by atoms with Gasteiger partial charge in [-0.1, -0.05) is 173 Å². The van der Waals surface area contributed by atoms with Crippen molar-refractivity contribution in [1.29, 1.82) is 0 Å². The molecule has 0 bridgehead atoms. The number of nitrogens with one attached hydrogen (secondary N) is 1. The van der Waals surface area contributed by atoms with E-state index in [1.807, 2.05) is 27.2 Å². The number of hydrogen-bond donors (Lipinski definition) is 2. The maximum Gasteiger partial charge on any atom is 0.268 e. The summed E-state index contributed by atoms with van der Waals surface area (Å²) < 4.78 is 23.1. The third-order valence-electron chi connectivity index (χ3n) is 9.41. The maximum atomic E-state index is 12.8. The molecule has 0 aromatic heterocycles. The van der Waals surface area contributed by atoms with Crippen LogP contribution in [0.2, 0.25) is 0 Å². The lowest BCUT2D eigenvalue weighted by Crippen LogP contribution is -2.45. The molecule has 3 unspecified atom stereocenters. The number of rotatable bonds is 38. The number of aliphatic hydroxyl groups is 1. The van der Waals surface area contributed by atoms with Crippen molar-refractivity contribution in [2.45, 2.75) is 199 Å². The number of allylic oxidation sites excluding steroid dienone is 3. The van der Waals surface area contributed by atoms with Crippen LogP contribution in [0.15, 0.2) is 24.3 Å². The zero-order valence-corrected chi connectivity index (χ0v) is 35.0. The average Bonchev–Trinajstić information content (AvgIpc) is 3.07. The Hall–Kier alpha value is -1.02. The van der Waals surface area contributed by atoms with Crippen molar-refractivity contribution >= 4 is 13.7 Å². The predicted octanol–water partition coefficient (Wildman–Crippen LogP) is 10.7. The van der Waals surface area contributed by atoms with Crippen LogP contribution in [-0.4, -0.2) is 68.5 Å². The summed E-state index contributed by atoms with van der Waals surface area (Å²) in [6, 6.07) is -0.896. The number of unbranched alkanes of at least 4 members (excludes halogenated alkanes) is 23. The van der Waals surface area contributed by atoms with Crippen LogP contribution in [0.25, 0.3) is 0 Å². The van der Waals surface area contributed by atoms with Gasteiger partial charge in [0.05, 0.1) is 39.9 Å². The van der Waals surface area contributed by atoms with Crippen LogP contribution < -0.4 is 10.2 Å². The molecule has 0 aliphatic heterocycles. The van der Waals surface area contributed by atoms with Crippen LogP contribution in [0.1, 0.15) is 187 Å². The third kappa shape index (κ3) is 37.1.